The summed E-state index contributed by atoms with van der Waals surface area (Å²) in [6.07, 6.45) is 1.18. The van der Waals surface area contributed by atoms with Crippen LogP contribution in [0.4, 0.5) is 4.79 Å². The highest BCUT2D eigenvalue weighted by Gasteiger charge is 2.61. The molecule has 0 aromatic carbocycles. The van der Waals surface area contributed by atoms with Crippen LogP contribution in [0.1, 0.15) is 33.6 Å². The topological polar surface area (TPSA) is 75.6 Å². The van der Waals surface area contributed by atoms with Crippen LogP contribution in [0.5, 0.6) is 0 Å². The van der Waals surface area contributed by atoms with E-state index >= 15 is 0 Å². The van der Waals surface area contributed by atoms with Crippen molar-refractivity contribution in [1.82, 2.24) is 5.32 Å². The van der Waals surface area contributed by atoms with Gasteiger partial charge in [-0.15, -0.1) is 0 Å². The molecule has 1 amide bonds. The number of rotatable bonds is 2. The largest absolute Gasteiger partial charge is 0.481 e. The number of aliphatic carboxylic acids is 1. The Hall–Kier alpha value is -1.26. The van der Waals surface area contributed by atoms with Gasteiger partial charge in [0.15, 0.2) is 0 Å². The molecule has 2 aliphatic rings. The fourth-order valence-corrected chi connectivity index (χ4v) is 2.82. The van der Waals surface area contributed by atoms with E-state index in [1.807, 2.05) is 0 Å². The Morgan fingerprint density at radius 1 is 1.29 bits per heavy atom. The molecule has 0 aromatic rings. The normalized spacial score (nSPS) is 35.0. The van der Waals surface area contributed by atoms with Gasteiger partial charge < -0.3 is 15.2 Å². The standard InChI is InChI=1S/C12H19NO4/c1-12(2,3)17-11(16)13-9-6-4-5-7(8(6)9)10(14)15/h6-9H,4-5H2,1-3H3,(H,13,16)(H,14,15)/t6-,7?,8-,9+/m1/s1. The molecular formula is C12H19NO4. The van der Waals surface area contributed by atoms with Gasteiger partial charge >= 0.3 is 12.1 Å². The second kappa shape index (κ2) is 3.89. The fraction of sp³-hybridized carbons (Fsp3) is 0.833. The van der Waals surface area contributed by atoms with Crippen molar-refractivity contribution < 1.29 is 19.4 Å². The van der Waals surface area contributed by atoms with Crippen molar-refractivity contribution in [3.05, 3.63) is 0 Å². The lowest BCUT2D eigenvalue weighted by molar-refractivity contribution is -0.142. The van der Waals surface area contributed by atoms with Crippen molar-refractivity contribution in [3.8, 4) is 0 Å². The lowest BCUT2D eigenvalue weighted by Crippen LogP contribution is -2.36. The van der Waals surface area contributed by atoms with Crippen LogP contribution < -0.4 is 5.32 Å². The first-order valence-electron chi connectivity index (χ1n) is 6.02. The highest BCUT2D eigenvalue weighted by Crippen LogP contribution is 2.55. The molecule has 0 radical (unpaired) electrons. The third-order valence-electron chi connectivity index (χ3n) is 3.51. The molecule has 2 N–H and O–H groups in total. The average molecular weight is 241 g/mol. The third kappa shape index (κ3) is 2.53. The summed E-state index contributed by atoms with van der Waals surface area (Å²) in [7, 11) is 0. The number of alkyl carbamates (subject to hydrolysis) is 1. The van der Waals surface area contributed by atoms with Crippen molar-refractivity contribution in [2.75, 3.05) is 0 Å². The van der Waals surface area contributed by atoms with Crippen LogP contribution in [0.25, 0.3) is 0 Å². The van der Waals surface area contributed by atoms with Crippen LogP contribution >= 0.6 is 0 Å². The molecule has 2 aliphatic carbocycles. The third-order valence-corrected chi connectivity index (χ3v) is 3.51. The number of hydrogen-bond donors (Lipinski definition) is 2. The molecule has 1 unspecified atom stereocenters. The maximum atomic E-state index is 11.5. The molecule has 2 rings (SSSR count). The van der Waals surface area contributed by atoms with E-state index in [4.69, 9.17) is 9.84 Å². The van der Waals surface area contributed by atoms with Crippen molar-refractivity contribution in [3.63, 3.8) is 0 Å². The van der Waals surface area contributed by atoms with Crippen LogP contribution in [-0.2, 0) is 9.53 Å². The summed E-state index contributed by atoms with van der Waals surface area (Å²) in [5.41, 5.74) is -0.514. The van der Waals surface area contributed by atoms with Crippen molar-refractivity contribution in [2.45, 2.75) is 45.3 Å². The molecule has 0 aliphatic heterocycles. The maximum Gasteiger partial charge on any atom is 0.407 e. The molecular weight excluding hydrogens is 222 g/mol. The first kappa shape index (κ1) is 12.2. The predicted octanol–water partition coefficient (Wildman–Crippen LogP) is 1.62. The van der Waals surface area contributed by atoms with Crippen LogP contribution in [0.3, 0.4) is 0 Å². The Labute approximate surface area is 101 Å². The predicted molar refractivity (Wildman–Crippen MR) is 60.5 cm³/mol. The molecule has 4 atom stereocenters. The zero-order valence-electron chi connectivity index (χ0n) is 10.4. The number of ether oxygens (including phenoxy) is 1. The molecule has 0 heterocycles. The number of fused-ring (bicyclic) bond motifs is 1. The fourth-order valence-electron chi connectivity index (χ4n) is 2.82. The van der Waals surface area contributed by atoms with E-state index in [0.717, 1.165) is 12.8 Å². The summed E-state index contributed by atoms with van der Waals surface area (Å²) in [5.74, 6) is -0.588. The maximum absolute atomic E-state index is 11.5. The zero-order valence-corrected chi connectivity index (χ0v) is 10.4. The molecule has 2 saturated carbocycles. The van der Waals surface area contributed by atoms with Gasteiger partial charge in [0.05, 0.1) is 5.92 Å². The van der Waals surface area contributed by atoms with Crippen molar-refractivity contribution in [1.29, 1.82) is 0 Å². The lowest BCUT2D eigenvalue weighted by atomic mass is 10.0. The molecule has 0 aromatic heterocycles. The summed E-state index contributed by atoms with van der Waals surface area (Å²) >= 11 is 0. The van der Waals surface area contributed by atoms with E-state index in [-0.39, 0.29) is 17.9 Å². The van der Waals surface area contributed by atoms with Gasteiger partial charge in [0.25, 0.3) is 0 Å². The summed E-state index contributed by atoms with van der Waals surface area (Å²) in [6.45, 7) is 5.42. The molecule has 5 heteroatoms. The molecule has 96 valence electrons. The summed E-state index contributed by atoms with van der Waals surface area (Å²) < 4.78 is 5.15. The highest BCUT2D eigenvalue weighted by atomic mass is 16.6. The highest BCUT2D eigenvalue weighted by molar-refractivity contribution is 5.73. The van der Waals surface area contributed by atoms with Gasteiger partial charge in [0.1, 0.15) is 5.60 Å². The first-order valence-corrected chi connectivity index (χ1v) is 6.02. The molecule has 17 heavy (non-hydrogen) atoms. The van der Waals surface area contributed by atoms with Gasteiger partial charge in [-0.1, -0.05) is 0 Å². The van der Waals surface area contributed by atoms with E-state index < -0.39 is 17.7 Å². The number of carboxylic acid groups (broad SMARTS) is 1. The number of carboxylic acids is 1. The SMILES string of the molecule is CC(C)(C)OC(=O)N[C@H]1[C@@H]2CCC(C(=O)O)[C@@H]21. The van der Waals surface area contributed by atoms with Gasteiger partial charge in [-0.05, 0) is 45.4 Å². The Morgan fingerprint density at radius 3 is 2.47 bits per heavy atom. The van der Waals surface area contributed by atoms with E-state index in [1.54, 1.807) is 20.8 Å². The zero-order chi connectivity index (χ0) is 12.8. The second-order valence-corrected chi connectivity index (χ2v) is 5.94. The van der Waals surface area contributed by atoms with Crippen LogP contribution in [-0.4, -0.2) is 28.8 Å². The summed E-state index contributed by atoms with van der Waals surface area (Å²) in [4.78, 5) is 22.5. The Kier molecular flexibility index (Phi) is 2.79. The van der Waals surface area contributed by atoms with Gasteiger partial charge in [0.2, 0.25) is 0 Å². The van der Waals surface area contributed by atoms with E-state index in [2.05, 4.69) is 5.32 Å². The van der Waals surface area contributed by atoms with E-state index in [1.165, 1.54) is 0 Å². The van der Waals surface area contributed by atoms with Crippen molar-refractivity contribution in [2.24, 2.45) is 17.8 Å². The molecule has 0 spiro atoms. The van der Waals surface area contributed by atoms with Gasteiger partial charge in [0, 0.05) is 6.04 Å². The minimum atomic E-state index is -0.744. The summed E-state index contributed by atoms with van der Waals surface area (Å²) in [5, 5.41) is 11.8. The molecule has 0 saturated heterocycles. The van der Waals surface area contributed by atoms with Crippen LogP contribution in [0.2, 0.25) is 0 Å². The monoisotopic (exact) mass is 241 g/mol. The number of hydrogen-bond acceptors (Lipinski definition) is 3. The first-order chi connectivity index (χ1) is 7.79. The smallest absolute Gasteiger partial charge is 0.407 e. The van der Waals surface area contributed by atoms with Crippen molar-refractivity contribution >= 4 is 12.1 Å². The van der Waals surface area contributed by atoms with Gasteiger partial charge in [-0.3, -0.25) is 4.79 Å². The number of nitrogens with one attached hydrogen (secondary N) is 1. The quantitative estimate of drug-likeness (QED) is 0.770. The van der Waals surface area contributed by atoms with Crippen LogP contribution in [0.15, 0.2) is 0 Å². The Bertz CT molecular complexity index is 347. The number of carbonyl (C=O) groups excluding carboxylic acids is 1. The number of carbonyl (C=O) groups is 2. The second-order valence-electron chi connectivity index (χ2n) is 5.94. The van der Waals surface area contributed by atoms with Gasteiger partial charge in [-0.25, -0.2) is 4.79 Å². The van der Waals surface area contributed by atoms with Crippen LogP contribution in [0, 0.1) is 17.8 Å². The van der Waals surface area contributed by atoms with Gasteiger partial charge in [-0.2, -0.15) is 0 Å². The van der Waals surface area contributed by atoms with E-state index in [9.17, 15) is 9.59 Å². The Morgan fingerprint density at radius 2 is 1.94 bits per heavy atom. The van der Waals surface area contributed by atoms with E-state index in [0.29, 0.717) is 5.92 Å². The Balaban J connectivity index is 1.84. The lowest BCUT2D eigenvalue weighted by Gasteiger charge is -2.20. The summed E-state index contributed by atoms with van der Waals surface area (Å²) in [6, 6.07) is -0.000278. The number of amides is 1. The minimum absolute atomic E-state index is 0.000278. The molecule has 5 nitrogen and oxygen atoms in total. The molecule has 2 fully saturated rings. The average Bonchev–Trinajstić information content (AvgIpc) is 2.64. The minimum Gasteiger partial charge on any atom is -0.481 e. The molecule has 0 bridgehead atoms.